The van der Waals surface area contributed by atoms with E-state index in [9.17, 15) is 0 Å². The zero-order valence-electron chi connectivity index (χ0n) is 8.79. The lowest BCUT2D eigenvalue weighted by molar-refractivity contribution is 0.0201. The molecule has 84 valence electrons. The van der Waals surface area contributed by atoms with E-state index in [-0.39, 0.29) is 0 Å². The summed E-state index contributed by atoms with van der Waals surface area (Å²) in [5.41, 5.74) is 0. The van der Waals surface area contributed by atoms with Crippen molar-refractivity contribution in [2.75, 3.05) is 32.8 Å². The van der Waals surface area contributed by atoms with E-state index >= 15 is 0 Å². The standard InChI is InChI=1S/C11H17BrN2O/c12-10-2-1-5-14(9-10)6-3-11-8-13-4-7-15-11/h1-2,9,11,13H,3-8H2. The molecule has 1 N–H and O–H groups in total. The second-order valence-corrected chi connectivity index (χ2v) is 4.81. The van der Waals surface area contributed by atoms with Gasteiger partial charge < -0.3 is 15.0 Å². The van der Waals surface area contributed by atoms with Gasteiger partial charge in [0, 0.05) is 36.9 Å². The van der Waals surface area contributed by atoms with Crippen molar-refractivity contribution < 1.29 is 4.74 Å². The van der Waals surface area contributed by atoms with Crippen LogP contribution in [-0.4, -0.2) is 43.8 Å². The zero-order chi connectivity index (χ0) is 10.5. The van der Waals surface area contributed by atoms with E-state index in [0.717, 1.165) is 43.7 Å². The number of halogens is 1. The van der Waals surface area contributed by atoms with Gasteiger partial charge in [-0.1, -0.05) is 6.08 Å². The first-order valence-electron chi connectivity index (χ1n) is 5.45. The highest BCUT2D eigenvalue weighted by molar-refractivity contribution is 9.11. The molecule has 15 heavy (non-hydrogen) atoms. The van der Waals surface area contributed by atoms with Gasteiger partial charge in [0.1, 0.15) is 0 Å². The Balaban J connectivity index is 1.71. The summed E-state index contributed by atoms with van der Waals surface area (Å²) in [5.74, 6) is 0. The minimum absolute atomic E-state index is 0.386. The topological polar surface area (TPSA) is 24.5 Å². The molecular weight excluding hydrogens is 256 g/mol. The van der Waals surface area contributed by atoms with Crippen LogP contribution < -0.4 is 5.32 Å². The van der Waals surface area contributed by atoms with Crippen LogP contribution in [0.15, 0.2) is 22.8 Å². The maximum absolute atomic E-state index is 5.66. The molecule has 2 aliphatic rings. The van der Waals surface area contributed by atoms with Crippen molar-refractivity contribution in [2.24, 2.45) is 0 Å². The quantitative estimate of drug-likeness (QED) is 0.842. The van der Waals surface area contributed by atoms with Gasteiger partial charge in [-0.25, -0.2) is 0 Å². The Morgan fingerprint density at radius 1 is 1.60 bits per heavy atom. The number of allylic oxidation sites excluding steroid dienone is 2. The monoisotopic (exact) mass is 272 g/mol. The number of ether oxygens (including phenoxy) is 1. The van der Waals surface area contributed by atoms with Gasteiger partial charge in [0.2, 0.25) is 0 Å². The highest BCUT2D eigenvalue weighted by Crippen LogP contribution is 2.14. The van der Waals surface area contributed by atoms with Gasteiger partial charge in [-0.2, -0.15) is 0 Å². The molecule has 0 spiro atoms. The van der Waals surface area contributed by atoms with E-state index in [4.69, 9.17) is 4.74 Å². The molecule has 4 heteroatoms. The summed E-state index contributed by atoms with van der Waals surface area (Å²) in [4.78, 5) is 2.31. The Labute approximate surface area is 99.3 Å². The van der Waals surface area contributed by atoms with E-state index in [2.05, 4.69) is 44.5 Å². The van der Waals surface area contributed by atoms with E-state index in [0.29, 0.717) is 6.10 Å². The maximum Gasteiger partial charge on any atom is 0.0716 e. The van der Waals surface area contributed by atoms with Gasteiger partial charge in [-0.3, -0.25) is 0 Å². The van der Waals surface area contributed by atoms with Crippen LogP contribution in [0.1, 0.15) is 6.42 Å². The summed E-state index contributed by atoms with van der Waals surface area (Å²) in [5, 5.41) is 3.35. The van der Waals surface area contributed by atoms with Gasteiger partial charge in [0.25, 0.3) is 0 Å². The van der Waals surface area contributed by atoms with Crippen molar-refractivity contribution >= 4 is 15.9 Å². The Bertz CT molecular complexity index is 259. The fourth-order valence-corrected chi connectivity index (χ4v) is 2.32. The normalized spacial score (nSPS) is 26.6. The van der Waals surface area contributed by atoms with Crippen molar-refractivity contribution in [3.8, 4) is 0 Å². The molecule has 0 aromatic carbocycles. The summed E-state index contributed by atoms with van der Waals surface area (Å²) < 4.78 is 6.81. The van der Waals surface area contributed by atoms with Crippen LogP contribution in [-0.2, 0) is 4.74 Å². The summed E-state index contributed by atoms with van der Waals surface area (Å²) in [6, 6.07) is 0. The van der Waals surface area contributed by atoms with Crippen LogP contribution in [0, 0.1) is 0 Å². The van der Waals surface area contributed by atoms with E-state index in [1.807, 2.05) is 0 Å². The summed E-state index contributed by atoms with van der Waals surface area (Å²) in [6.45, 7) is 4.91. The molecule has 2 heterocycles. The fourth-order valence-electron chi connectivity index (χ4n) is 1.84. The molecule has 0 aromatic heterocycles. The van der Waals surface area contributed by atoms with Crippen LogP contribution in [0.2, 0.25) is 0 Å². The largest absolute Gasteiger partial charge is 0.376 e. The molecule has 0 aliphatic carbocycles. The number of nitrogens with one attached hydrogen (secondary N) is 1. The number of morpholine rings is 1. The average Bonchev–Trinajstić information content (AvgIpc) is 2.28. The SMILES string of the molecule is BrC1=CN(CCC2CNCCO2)CC=C1. The Morgan fingerprint density at radius 3 is 3.27 bits per heavy atom. The second kappa shape index (κ2) is 5.68. The minimum Gasteiger partial charge on any atom is -0.376 e. The third-order valence-corrected chi connectivity index (χ3v) is 3.13. The van der Waals surface area contributed by atoms with Gasteiger partial charge >= 0.3 is 0 Å². The molecule has 0 aromatic rings. The Kier molecular flexibility index (Phi) is 4.23. The predicted molar refractivity (Wildman–Crippen MR) is 64.9 cm³/mol. The van der Waals surface area contributed by atoms with Crippen LogP contribution >= 0.6 is 15.9 Å². The van der Waals surface area contributed by atoms with E-state index in [1.165, 1.54) is 0 Å². The van der Waals surface area contributed by atoms with E-state index < -0.39 is 0 Å². The van der Waals surface area contributed by atoms with Crippen LogP contribution in [0.3, 0.4) is 0 Å². The molecule has 1 saturated heterocycles. The molecule has 1 unspecified atom stereocenters. The summed E-state index contributed by atoms with van der Waals surface area (Å²) >= 11 is 3.48. The third-order valence-electron chi connectivity index (χ3n) is 2.67. The van der Waals surface area contributed by atoms with Crippen LogP contribution in [0.4, 0.5) is 0 Å². The first-order valence-corrected chi connectivity index (χ1v) is 6.24. The Morgan fingerprint density at radius 2 is 2.53 bits per heavy atom. The smallest absolute Gasteiger partial charge is 0.0716 e. The van der Waals surface area contributed by atoms with Crippen molar-refractivity contribution in [1.82, 2.24) is 10.2 Å². The summed E-state index contributed by atoms with van der Waals surface area (Å²) in [7, 11) is 0. The highest BCUT2D eigenvalue weighted by atomic mass is 79.9. The van der Waals surface area contributed by atoms with E-state index in [1.54, 1.807) is 0 Å². The number of nitrogens with zero attached hydrogens (tertiary/aromatic N) is 1. The van der Waals surface area contributed by atoms with Crippen molar-refractivity contribution in [2.45, 2.75) is 12.5 Å². The molecule has 3 nitrogen and oxygen atoms in total. The second-order valence-electron chi connectivity index (χ2n) is 3.90. The first kappa shape index (κ1) is 11.2. The van der Waals surface area contributed by atoms with Crippen LogP contribution in [0.5, 0.6) is 0 Å². The minimum atomic E-state index is 0.386. The van der Waals surface area contributed by atoms with Crippen molar-refractivity contribution in [3.63, 3.8) is 0 Å². The van der Waals surface area contributed by atoms with Gasteiger partial charge in [0.15, 0.2) is 0 Å². The van der Waals surface area contributed by atoms with Crippen molar-refractivity contribution in [3.05, 3.63) is 22.8 Å². The van der Waals surface area contributed by atoms with Gasteiger partial charge in [-0.15, -0.1) is 0 Å². The molecule has 0 amide bonds. The lowest BCUT2D eigenvalue weighted by atomic mass is 10.2. The number of hydrogen-bond donors (Lipinski definition) is 1. The molecule has 2 rings (SSSR count). The molecule has 2 aliphatic heterocycles. The van der Waals surface area contributed by atoms with Crippen LogP contribution in [0.25, 0.3) is 0 Å². The van der Waals surface area contributed by atoms with Gasteiger partial charge in [-0.05, 0) is 28.4 Å². The fraction of sp³-hybridized carbons (Fsp3) is 0.636. The lowest BCUT2D eigenvalue weighted by Gasteiger charge is -2.27. The maximum atomic E-state index is 5.66. The number of rotatable bonds is 3. The molecule has 0 radical (unpaired) electrons. The first-order chi connectivity index (χ1) is 7.34. The summed E-state index contributed by atoms with van der Waals surface area (Å²) in [6.07, 6.45) is 7.89. The predicted octanol–water partition coefficient (Wildman–Crippen LogP) is 1.47. The average molecular weight is 273 g/mol. The number of hydrogen-bond acceptors (Lipinski definition) is 3. The van der Waals surface area contributed by atoms with Crippen molar-refractivity contribution in [1.29, 1.82) is 0 Å². The molecule has 1 fully saturated rings. The molecular formula is C11H17BrN2O. The lowest BCUT2D eigenvalue weighted by Crippen LogP contribution is -2.40. The Hall–Kier alpha value is -0.320. The third kappa shape index (κ3) is 3.63. The van der Waals surface area contributed by atoms with Gasteiger partial charge in [0.05, 0.1) is 12.7 Å². The highest BCUT2D eigenvalue weighted by Gasteiger charge is 2.14. The molecule has 1 atom stereocenters. The zero-order valence-corrected chi connectivity index (χ0v) is 10.4. The molecule has 0 saturated carbocycles. The molecule has 0 bridgehead atoms.